The number of sulfonamides is 1. The number of primary sulfonamides is 1. The summed E-state index contributed by atoms with van der Waals surface area (Å²) in [5.41, 5.74) is 5.46. The quantitative estimate of drug-likeness (QED) is 0.574. The first-order valence-corrected chi connectivity index (χ1v) is 5.39. The maximum Gasteiger partial charge on any atom is 0.209 e. The summed E-state index contributed by atoms with van der Waals surface area (Å²) in [6.07, 6.45) is 2.30. The van der Waals surface area contributed by atoms with Crippen LogP contribution in [0.25, 0.3) is 0 Å². The fourth-order valence-corrected chi connectivity index (χ4v) is 1.38. The average molecular weight is 180 g/mol. The second-order valence-corrected chi connectivity index (χ2v) is 4.57. The molecule has 0 aliphatic heterocycles. The second kappa shape index (κ2) is 4.69. The van der Waals surface area contributed by atoms with Gasteiger partial charge in [0, 0.05) is 6.04 Å². The number of hydrogen-bond donors (Lipinski definition) is 2. The molecule has 0 aromatic carbocycles. The molecule has 0 aliphatic rings. The van der Waals surface area contributed by atoms with Crippen molar-refractivity contribution >= 4 is 10.0 Å². The molecule has 4 nitrogen and oxygen atoms in total. The Morgan fingerprint density at radius 3 is 2.27 bits per heavy atom. The van der Waals surface area contributed by atoms with Crippen LogP contribution in [0, 0.1) is 0 Å². The van der Waals surface area contributed by atoms with E-state index in [0.29, 0.717) is 6.42 Å². The van der Waals surface area contributed by atoms with Gasteiger partial charge in [-0.25, -0.2) is 13.6 Å². The van der Waals surface area contributed by atoms with E-state index in [0.717, 1.165) is 12.8 Å². The average Bonchev–Trinajstić information content (AvgIpc) is 1.78. The fraction of sp³-hybridized carbons (Fsp3) is 1.00. The van der Waals surface area contributed by atoms with Crippen molar-refractivity contribution in [2.24, 2.45) is 10.9 Å². The van der Waals surface area contributed by atoms with Crippen LogP contribution in [0.3, 0.4) is 0 Å². The molecule has 1 unspecified atom stereocenters. The molecule has 0 rings (SSSR count). The Labute approximate surface area is 68.0 Å². The third kappa shape index (κ3) is 9.87. The second-order valence-electron chi connectivity index (χ2n) is 2.84. The van der Waals surface area contributed by atoms with Crippen LogP contribution in [0.2, 0.25) is 0 Å². The van der Waals surface area contributed by atoms with Gasteiger partial charge in [-0.3, -0.25) is 0 Å². The van der Waals surface area contributed by atoms with Crippen molar-refractivity contribution in [2.75, 3.05) is 5.75 Å². The summed E-state index contributed by atoms with van der Waals surface area (Å²) in [4.78, 5) is 0. The van der Waals surface area contributed by atoms with Gasteiger partial charge in [0.15, 0.2) is 0 Å². The molecular weight excluding hydrogens is 164 g/mol. The van der Waals surface area contributed by atoms with E-state index in [1.165, 1.54) is 0 Å². The minimum Gasteiger partial charge on any atom is -0.328 e. The fourth-order valence-electron chi connectivity index (χ4n) is 0.770. The van der Waals surface area contributed by atoms with E-state index in [9.17, 15) is 8.42 Å². The summed E-state index contributed by atoms with van der Waals surface area (Å²) in [5.74, 6) is 0.0692. The highest BCUT2D eigenvalue weighted by Crippen LogP contribution is 1.99. The van der Waals surface area contributed by atoms with Crippen LogP contribution >= 0.6 is 0 Å². The molecule has 0 heterocycles. The summed E-state index contributed by atoms with van der Waals surface area (Å²) in [6, 6.07) is 0.149. The van der Waals surface area contributed by atoms with Crippen molar-refractivity contribution in [1.82, 2.24) is 0 Å². The molecule has 1 atom stereocenters. The van der Waals surface area contributed by atoms with Crippen LogP contribution in [0.5, 0.6) is 0 Å². The number of rotatable bonds is 5. The molecular formula is C6H16N2O2S. The van der Waals surface area contributed by atoms with Crippen molar-refractivity contribution in [3.63, 3.8) is 0 Å². The summed E-state index contributed by atoms with van der Waals surface area (Å²) in [7, 11) is -3.26. The van der Waals surface area contributed by atoms with Crippen LogP contribution in [-0.4, -0.2) is 20.2 Å². The minimum absolute atomic E-state index is 0.0692. The lowest BCUT2D eigenvalue weighted by Crippen LogP contribution is -2.18. The Morgan fingerprint density at radius 2 is 1.91 bits per heavy atom. The summed E-state index contributed by atoms with van der Waals surface area (Å²) < 4.78 is 20.8. The Bertz CT molecular complexity index is 187. The molecule has 0 bridgehead atoms. The topological polar surface area (TPSA) is 86.2 Å². The van der Waals surface area contributed by atoms with Gasteiger partial charge in [-0.05, 0) is 19.8 Å². The van der Waals surface area contributed by atoms with Gasteiger partial charge in [0.1, 0.15) is 0 Å². The van der Waals surface area contributed by atoms with E-state index in [4.69, 9.17) is 10.9 Å². The van der Waals surface area contributed by atoms with E-state index in [1.807, 2.05) is 6.92 Å². The van der Waals surface area contributed by atoms with Gasteiger partial charge in [0.25, 0.3) is 0 Å². The Hall–Kier alpha value is -0.130. The smallest absolute Gasteiger partial charge is 0.209 e. The largest absolute Gasteiger partial charge is 0.328 e. The lowest BCUT2D eigenvalue weighted by molar-refractivity contribution is 0.581. The van der Waals surface area contributed by atoms with Gasteiger partial charge in [0.05, 0.1) is 5.75 Å². The first-order valence-electron chi connectivity index (χ1n) is 3.68. The molecule has 0 spiro atoms. The van der Waals surface area contributed by atoms with E-state index >= 15 is 0 Å². The number of unbranched alkanes of at least 4 members (excludes halogenated alkanes) is 1. The Kier molecular flexibility index (Phi) is 4.63. The Balaban J connectivity index is 3.30. The van der Waals surface area contributed by atoms with Crippen LogP contribution < -0.4 is 10.9 Å². The van der Waals surface area contributed by atoms with Gasteiger partial charge in [-0.15, -0.1) is 0 Å². The molecule has 5 heteroatoms. The molecule has 68 valence electrons. The van der Waals surface area contributed by atoms with Gasteiger partial charge in [0.2, 0.25) is 10.0 Å². The predicted molar refractivity (Wildman–Crippen MR) is 45.5 cm³/mol. The van der Waals surface area contributed by atoms with Crippen LogP contribution in [-0.2, 0) is 10.0 Å². The van der Waals surface area contributed by atoms with Crippen molar-refractivity contribution < 1.29 is 8.42 Å². The monoisotopic (exact) mass is 180 g/mol. The minimum atomic E-state index is -3.26. The van der Waals surface area contributed by atoms with Crippen molar-refractivity contribution in [3.8, 4) is 0 Å². The van der Waals surface area contributed by atoms with E-state index in [1.54, 1.807) is 0 Å². The molecule has 4 N–H and O–H groups in total. The highest BCUT2D eigenvalue weighted by Gasteiger charge is 2.01. The van der Waals surface area contributed by atoms with E-state index in [-0.39, 0.29) is 11.8 Å². The molecule has 0 saturated heterocycles. The lowest BCUT2D eigenvalue weighted by Gasteiger charge is -2.02. The SMILES string of the molecule is CC(N)CCCCS(N)(=O)=O. The third-order valence-electron chi connectivity index (χ3n) is 1.34. The number of hydrogen-bond acceptors (Lipinski definition) is 3. The van der Waals surface area contributed by atoms with Gasteiger partial charge < -0.3 is 5.73 Å². The first kappa shape index (κ1) is 10.9. The maximum absolute atomic E-state index is 10.4. The van der Waals surface area contributed by atoms with Crippen LogP contribution in [0.1, 0.15) is 26.2 Å². The highest BCUT2D eigenvalue weighted by atomic mass is 32.2. The molecule has 0 aromatic heterocycles. The van der Waals surface area contributed by atoms with Crippen molar-refractivity contribution in [3.05, 3.63) is 0 Å². The van der Waals surface area contributed by atoms with Gasteiger partial charge in [-0.2, -0.15) is 0 Å². The normalized spacial score (nSPS) is 14.8. The molecule has 0 radical (unpaired) electrons. The number of nitrogens with two attached hydrogens (primary N) is 2. The van der Waals surface area contributed by atoms with Gasteiger partial charge >= 0.3 is 0 Å². The summed E-state index contributed by atoms with van der Waals surface area (Å²) in [5, 5.41) is 4.79. The molecule has 0 amide bonds. The summed E-state index contributed by atoms with van der Waals surface area (Å²) >= 11 is 0. The molecule has 0 aromatic rings. The zero-order valence-electron chi connectivity index (χ0n) is 6.79. The zero-order chi connectivity index (χ0) is 8.91. The standard InChI is InChI=1S/C6H16N2O2S/c1-6(7)4-2-3-5-11(8,9)10/h6H,2-5,7H2,1H3,(H2,8,9,10). The first-order chi connectivity index (χ1) is 4.92. The highest BCUT2D eigenvalue weighted by molar-refractivity contribution is 7.89. The molecule has 0 saturated carbocycles. The Morgan fingerprint density at radius 1 is 1.36 bits per heavy atom. The van der Waals surface area contributed by atoms with E-state index in [2.05, 4.69) is 0 Å². The van der Waals surface area contributed by atoms with Crippen molar-refractivity contribution in [1.29, 1.82) is 0 Å². The van der Waals surface area contributed by atoms with Crippen LogP contribution in [0.15, 0.2) is 0 Å². The molecule has 0 fully saturated rings. The van der Waals surface area contributed by atoms with Gasteiger partial charge in [-0.1, -0.05) is 6.42 Å². The predicted octanol–water partition coefficient (Wildman–Crippen LogP) is -0.208. The molecule has 11 heavy (non-hydrogen) atoms. The zero-order valence-corrected chi connectivity index (χ0v) is 7.60. The molecule has 0 aliphatic carbocycles. The van der Waals surface area contributed by atoms with Crippen molar-refractivity contribution in [2.45, 2.75) is 32.2 Å². The summed E-state index contributed by atoms with van der Waals surface area (Å²) in [6.45, 7) is 1.90. The van der Waals surface area contributed by atoms with E-state index < -0.39 is 10.0 Å². The third-order valence-corrected chi connectivity index (χ3v) is 2.20. The van der Waals surface area contributed by atoms with Crippen LogP contribution in [0.4, 0.5) is 0 Å². The lowest BCUT2D eigenvalue weighted by atomic mass is 10.2. The maximum atomic E-state index is 10.4.